The van der Waals surface area contributed by atoms with Gasteiger partial charge in [-0.2, -0.15) is 0 Å². The minimum absolute atomic E-state index is 0.176. The molecule has 1 heterocycles. The van der Waals surface area contributed by atoms with E-state index in [9.17, 15) is 9.18 Å². The van der Waals surface area contributed by atoms with Crippen molar-refractivity contribution in [2.75, 3.05) is 7.05 Å². The van der Waals surface area contributed by atoms with Crippen LogP contribution in [0.1, 0.15) is 22.7 Å². The van der Waals surface area contributed by atoms with E-state index in [0.29, 0.717) is 16.7 Å². The lowest BCUT2D eigenvalue weighted by Crippen LogP contribution is -2.17. The summed E-state index contributed by atoms with van der Waals surface area (Å²) >= 11 is 0. The molecule has 3 aromatic rings. The zero-order valence-electron chi connectivity index (χ0n) is 11.7. The van der Waals surface area contributed by atoms with Gasteiger partial charge in [-0.3, -0.25) is 4.98 Å². The quantitative estimate of drug-likeness (QED) is 0.778. The van der Waals surface area contributed by atoms with Gasteiger partial charge in [0.05, 0.1) is 11.6 Å². The molecule has 1 atom stereocenters. The van der Waals surface area contributed by atoms with Crippen LogP contribution in [0.2, 0.25) is 0 Å². The summed E-state index contributed by atoms with van der Waals surface area (Å²) in [6.45, 7) is 1.73. The Hall–Kier alpha value is -2.40. The van der Waals surface area contributed by atoms with Gasteiger partial charge in [0.25, 0.3) is 0 Å². The molecule has 0 bridgehead atoms. The van der Waals surface area contributed by atoms with E-state index in [1.807, 2.05) is 12.1 Å². The highest BCUT2D eigenvalue weighted by Crippen LogP contribution is 2.25. The molecule has 21 heavy (non-hydrogen) atoms. The van der Waals surface area contributed by atoms with Crippen molar-refractivity contribution in [2.24, 2.45) is 0 Å². The highest BCUT2D eigenvalue weighted by molar-refractivity contribution is 5.73. The molecule has 0 spiro atoms. The Morgan fingerprint density at radius 1 is 1.19 bits per heavy atom. The average Bonchev–Trinajstić information content (AvgIpc) is 2.83. The monoisotopic (exact) mass is 286 g/mol. The van der Waals surface area contributed by atoms with Gasteiger partial charge in [0.15, 0.2) is 5.58 Å². The highest BCUT2D eigenvalue weighted by Gasteiger charge is 2.15. The maximum Gasteiger partial charge on any atom is 0.417 e. The molecule has 0 aliphatic rings. The summed E-state index contributed by atoms with van der Waals surface area (Å²) in [5.41, 5.74) is 3.47. The smallest absolute Gasteiger partial charge is 0.408 e. The van der Waals surface area contributed by atoms with Gasteiger partial charge in [0.2, 0.25) is 0 Å². The summed E-state index contributed by atoms with van der Waals surface area (Å²) in [4.78, 5) is 13.8. The lowest BCUT2D eigenvalue weighted by molar-refractivity contribution is 0.554. The van der Waals surface area contributed by atoms with Crippen molar-refractivity contribution in [2.45, 2.75) is 13.0 Å². The van der Waals surface area contributed by atoms with Crippen LogP contribution in [0.15, 0.2) is 45.6 Å². The van der Waals surface area contributed by atoms with Crippen molar-refractivity contribution in [1.29, 1.82) is 0 Å². The van der Waals surface area contributed by atoms with E-state index in [0.717, 1.165) is 11.1 Å². The van der Waals surface area contributed by atoms with Gasteiger partial charge < -0.3 is 9.73 Å². The molecule has 0 radical (unpaired) electrons. The van der Waals surface area contributed by atoms with E-state index in [-0.39, 0.29) is 11.9 Å². The molecule has 2 aromatic carbocycles. The first-order chi connectivity index (χ1) is 10.1. The molecule has 1 unspecified atom stereocenters. The van der Waals surface area contributed by atoms with Gasteiger partial charge in [0, 0.05) is 0 Å². The van der Waals surface area contributed by atoms with Gasteiger partial charge in [-0.25, -0.2) is 9.18 Å². The second-order valence-electron chi connectivity index (χ2n) is 5.00. The lowest BCUT2D eigenvalue weighted by Gasteiger charge is -2.17. The van der Waals surface area contributed by atoms with Crippen molar-refractivity contribution < 1.29 is 8.81 Å². The molecule has 0 saturated carbocycles. The molecule has 2 N–H and O–H groups in total. The third-order valence-corrected chi connectivity index (χ3v) is 3.60. The van der Waals surface area contributed by atoms with E-state index in [1.54, 1.807) is 32.2 Å². The molecular weight excluding hydrogens is 271 g/mol. The Labute approximate surface area is 120 Å². The second kappa shape index (κ2) is 5.18. The molecule has 108 valence electrons. The van der Waals surface area contributed by atoms with Crippen molar-refractivity contribution in [3.8, 4) is 0 Å². The number of rotatable bonds is 3. The fourth-order valence-corrected chi connectivity index (χ4v) is 2.46. The summed E-state index contributed by atoms with van der Waals surface area (Å²) in [5.74, 6) is -0.716. The fraction of sp³-hybridized carbons (Fsp3) is 0.188. The molecule has 3 rings (SSSR count). The molecule has 0 fully saturated rings. The Bertz CT molecular complexity index is 851. The van der Waals surface area contributed by atoms with Gasteiger partial charge in [-0.1, -0.05) is 18.2 Å². The largest absolute Gasteiger partial charge is 0.417 e. The van der Waals surface area contributed by atoms with Gasteiger partial charge in [0.1, 0.15) is 5.82 Å². The zero-order chi connectivity index (χ0) is 15.0. The van der Waals surface area contributed by atoms with Gasteiger partial charge >= 0.3 is 5.76 Å². The Kier molecular flexibility index (Phi) is 3.35. The zero-order valence-corrected chi connectivity index (χ0v) is 11.7. The summed E-state index contributed by atoms with van der Waals surface area (Å²) < 4.78 is 18.8. The van der Waals surface area contributed by atoms with Gasteiger partial charge in [-0.15, -0.1) is 0 Å². The summed E-state index contributed by atoms with van der Waals surface area (Å²) in [6.07, 6.45) is 0. The van der Waals surface area contributed by atoms with Crippen LogP contribution in [-0.2, 0) is 0 Å². The molecular formula is C16H15FN2O2. The number of hydrogen-bond donors (Lipinski definition) is 2. The number of nitrogens with one attached hydrogen (secondary N) is 2. The SMILES string of the molecule is CNC(c1ccc(C)c(F)c1)c1ccc2[nH]c(=O)oc2c1. The van der Waals surface area contributed by atoms with E-state index in [4.69, 9.17) is 4.42 Å². The van der Waals surface area contributed by atoms with Crippen LogP contribution in [0.25, 0.3) is 11.1 Å². The van der Waals surface area contributed by atoms with Crippen LogP contribution in [0.3, 0.4) is 0 Å². The number of aryl methyl sites for hydroxylation is 1. The van der Waals surface area contributed by atoms with Crippen molar-refractivity contribution >= 4 is 11.1 Å². The summed E-state index contributed by atoms with van der Waals surface area (Å²) in [5, 5.41) is 3.16. The summed E-state index contributed by atoms with van der Waals surface area (Å²) in [6, 6.07) is 10.4. The molecule has 0 saturated heterocycles. The predicted molar refractivity (Wildman–Crippen MR) is 78.9 cm³/mol. The molecule has 1 aromatic heterocycles. The highest BCUT2D eigenvalue weighted by atomic mass is 19.1. The number of H-pyrrole nitrogens is 1. The Morgan fingerprint density at radius 3 is 2.62 bits per heavy atom. The van der Waals surface area contributed by atoms with E-state index >= 15 is 0 Å². The fourth-order valence-electron chi connectivity index (χ4n) is 2.46. The van der Waals surface area contributed by atoms with Crippen molar-refractivity contribution in [3.63, 3.8) is 0 Å². The second-order valence-corrected chi connectivity index (χ2v) is 5.00. The minimum Gasteiger partial charge on any atom is -0.408 e. The number of oxazole rings is 1. The van der Waals surface area contributed by atoms with E-state index in [2.05, 4.69) is 10.3 Å². The normalized spacial score (nSPS) is 12.7. The predicted octanol–water partition coefficient (Wildman–Crippen LogP) is 2.88. The number of hydrogen-bond acceptors (Lipinski definition) is 3. The number of aromatic nitrogens is 1. The maximum absolute atomic E-state index is 13.8. The average molecular weight is 286 g/mol. The first kappa shape index (κ1) is 13.6. The van der Waals surface area contributed by atoms with Crippen LogP contribution in [0.4, 0.5) is 4.39 Å². The first-order valence-electron chi connectivity index (χ1n) is 6.64. The number of fused-ring (bicyclic) bond motifs is 1. The van der Waals surface area contributed by atoms with Crippen LogP contribution < -0.4 is 11.1 Å². The topological polar surface area (TPSA) is 58.0 Å². The van der Waals surface area contributed by atoms with Crippen molar-refractivity contribution in [3.05, 3.63) is 69.5 Å². The van der Waals surface area contributed by atoms with Crippen LogP contribution >= 0.6 is 0 Å². The standard InChI is InChI=1S/C16H15FN2O2/c1-9-3-4-10(7-12(9)17)15(18-2)11-5-6-13-14(8-11)21-16(20)19-13/h3-8,15,18H,1-2H3,(H,19,20). The summed E-state index contributed by atoms with van der Waals surface area (Å²) in [7, 11) is 1.81. The number of aromatic amines is 1. The van der Waals surface area contributed by atoms with Crippen LogP contribution in [0.5, 0.6) is 0 Å². The third-order valence-electron chi connectivity index (χ3n) is 3.60. The van der Waals surface area contributed by atoms with E-state index < -0.39 is 5.76 Å². The van der Waals surface area contributed by atoms with Crippen LogP contribution in [0, 0.1) is 12.7 Å². The lowest BCUT2D eigenvalue weighted by atomic mass is 9.97. The molecule has 0 aliphatic carbocycles. The number of halogens is 1. The Morgan fingerprint density at radius 2 is 1.90 bits per heavy atom. The molecule has 0 amide bonds. The van der Waals surface area contributed by atoms with Crippen LogP contribution in [-0.4, -0.2) is 12.0 Å². The Balaban J connectivity index is 2.08. The van der Waals surface area contributed by atoms with Crippen molar-refractivity contribution in [1.82, 2.24) is 10.3 Å². The van der Waals surface area contributed by atoms with Gasteiger partial charge in [-0.05, 0) is 48.9 Å². The molecule has 0 aliphatic heterocycles. The third kappa shape index (κ3) is 2.48. The van der Waals surface area contributed by atoms with E-state index in [1.165, 1.54) is 6.07 Å². The maximum atomic E-state index is 13.8. The molecule has 5 heteroatoms. The number of benzene rings is 2. The molecule has 4 nitrogen and oxygen atoms in total. The minimum atomic E-state index is -0.482. The first-order valence-corrected chi connectivity index (χ1v) is 6.64.